The van der Waals surface area contributed by atoms with E-state index in [1.807, 2.05) is 45.3 Å². The Kier molecular flexibility index (Phi) is 4.55. The van der Waals surface area contributed by atoms with Gasteiger partial charge in [-0.25, -0.2) is 9.67 Å². The Morgan fingerprint density at radius 1 is 1.21 bits per heavy atom. The van der Waals surface area contributed by atoms with Gasteiger partial charge in [-0.2, -0.15) is 5.10 Å². The van der Waals surface area contributed by atoms with Gasteiger partial charge in [-0.1, -0.05) is 22.9 Å². The summed E-state index contributed by atoms with van der Waals surface area (Å²) in [5, 5.41) is 25.8. The van der Waals surface area contributed by atoms with Crippen LogP contribution in [0, 0.1) is 13.8 Å². The number of halogens is 1. The average Bonchev–Trinajstić information content (AvgIpc) is 3.28. The number of aryl methyl sites for hydroxylation is 3. The van der Waals surface area contributed by atoms with E-state index in [0.29, 0.717) is 38.8 Å². The predicted molar refractivity (Wildman–Crippen MR) is 109 cm³/mol. The monoisotopic (exact) mass is 412 g/mol. The largest absolute Gasteiger partial charge is 0.481 e. The number of aliphatic hydroxyl groups is 1. The minimum atomic E-state index is -1.57. The smallest absolute Gasteiger partial charge is 0.218 e. The van der Waals surface area contributed by atoms with E-state index in [1.165, 1.54) is 10.9 Å². The number of methoxy groups -OCH3 is 1. The van der Waals surface area contributed by atoms with Crippen LogP contribution in [-0.2, 0) is 19.7 Å². The number of nitrogens with zero attached hydrogens (tertiary/aromatic N) is 6. The van der Waals surface area contributed by atoms with E-state index < -0.39 is 5.60 Å². The maximum atomic E-state index is 12.0. The summed E-state index contributed by atoms with van der Waals surface area (Å²) < 4.78 is 8.53. The molecule has 0 aliphatic heterocycles. The van der Waals surface area contributed by atoms with Crippen molar-refractivity contribution in [2.24, 2.45) is 14.1 Å². The van der Waals surface area contributed by atoms with E-state index in [4.69, 9.17) is 16.3 Å². The van der Waals surface area contributed by atoms with Crippen LogP contribution in [0.5, 0.6) is 5.88 Å². The molecule has 29 heavy (non-hydrogen) atoms. The van der Waals surface area contributed by atoms with Crippen LogP contribution < -0.4 is 4.74 Å². The molecule has 3 aromatic heterocycles. The normalized spacial score (nSPS) is 13.6. The minimum Gasteiger partial charge on any atom is -0.481 e. The molecule has 0 saturated heterocycles. The quantitative estimate of drug-likeness (QED) is 0.554. The highest BCUT2D eigenvalue weighted by Gasteiger charge is 2.41. The number of aromatic nitrogens is 6. The van der Waals surface area contributed by atoms with Crippen LogP contribution in [0.3, 0.4) is 0 Å². The molecule has 0 amide bonds. The molecule has 1 atom stereocenters. The molecule has 4 rings (SSSR count). The molecule has 1 N–H and O–H groups in total. The van der Waals surface area contributed by atoms with E-state index in [2.05, 4.69) is 20.4 Å². The number of rotatable bonds is 4. The number of hydrogen-bond donors (Lipinski definition) is 1. The maximum absolute atomic E-state index is 12.0. The first kappa shape index (κ1) is 19.4. The van der Waals surface area contributed by atoms with E-state index in [9.17, 15) is 5.11 Å². The predicted octanol–water partition coefficient (Wildman–Crippen LogP) is 2.66. The van der Waals surface area contributed by atoms with Gasteiger partial charge >= 0.3 is 0 Å². The number of ether oxygens (including phenoxy) is 1. The van der Waals surface area contributed by atoms with Gasteiger partial charge in [-0.3, -0.25) is 4.68 Å². The van der Waals surface area contributed by atoms with Crippen LogP contribution in [0.4, 0.5) is 0 Å². The topological polar surface area (TPSA) is 90.9 Å². The summed E-state index contributed by atoms with van der Waals surface area (Å²) in [5.41, 5.74) is 2.25. The third-order valence-electron chi connectivity index (χ3n) is 5.16. The van der Waals surface area contributed by atoms with Crippen LogP contribution in [-0.4, -0.2) is 42.0 Å². The molecular formula is C20H21ClN6O2. The van der Waals surface area contributed by atoms with Gasteiger partial charge in [0.1, 0.15) is 11.4 Å². The van der Waals surface area contributed by atoms with Gasteiger partial charge in [-0.15, -0.1) is 5.10 Å². The van der Waals surface area contributed by atoms with Crippen molar-refractivity contribution in [1.82, 2.24) is 29.8 Å². The highest BCUT2D eigenvalue weighted by molar-refractivity contribution is 6.36. The summed E-state index contributed by atoms with van der Waals surface area (Å²) in [6.07, 6.45) is 3.39. The molecule has 8 nitrogen and oxygen atoms in total. The Bertz CT molecular complexity index is 1230. The van der Waals surface area contributed by atoms with Gasteiger partial charge in [-0.05, 0) is 37.1 Å². The van der Waals surface area contributed by atoms with Gasteiger partial charge in [0.25, 0.3) is 0 Å². The third-order valence-corrected chi connectivity index (χ3v) is 5.64. The fourth-order valence-corrected chi connectivity index (χ4v) is 3.94. The Morgan fingerprint density at radius 2 is 1.97 bits per heavy atom. The molecule has 0 radical (unpaired) electrons. The van der Waals surface area contributed by atoms with Gasteiger partial charge < -0.3 is 9.84 Å². The standard InChI is InChI=1S/C20H21ClN6O2/c1-11-10-26(3)24-18(11)20(28,16-9-22-25-27(16)4)13-6-7-15-14(8-13)17(21)12(2)19(23-15)29-5/h6-10,28H,1-5H3. The molecule has 0 aliphatic rings. The van der Waals surface area contributed by atoms with Crippen molar-refractivity contribution < 1.29 is 9.84 Å². The molecule has 0 fully saturated rings. The maximum Gasteiger partial charge on any atom is 0.218 e. The molecule has 150 valence electrons. The van der Waals surface area contributed by atoms with Crippen LogP contribution in [0.1, 0.15) is 28.1 Å². The van der Waals surface area contributed by atoms with Crippen molar-refractivity contribution in [3.05, 3.63) is 63.7 Å². The summed E-state index contributed by atoms with van der Waals surface area (Å²) in [5.74, 6) is 0.474. The van der Waals surface area contributed by atoms with Gasteiger partial charge in [0.05, 0.1) is 23.8 Å². The highest BCUT2D eigenvalue weighted by atomic mass is 35.5. The first-order chi connectivity index (χ1) is 13.8. The molecule has 1 unspecified atom stereocenters. The van der Waals surface area contributed by atoms with Gasteiger partial charge in [0.2, 0.25) is 5.88 Å². The molecule has 0 aliphatic carbocycles. The lowest BCUT2D eigenvalue weighted by Crippen LogP contribution is -2.33. The van der Waals surface area contributed by atoms with Crippen LogP contribution >= 0.6 is 11.6 Å². The summed E-state index contributed by atoms with van der Waals surface area (Å²) in [7, 11) is 5.11. The molecular weight excluding hydrogens is 392 g/mol. The second kappa shape index (κ2) is 6.82. The minimum absolute atomic E-state index is 0.474. The van der Waals surface area contributed by atoms with Crippen molar-refractivity contribution in [3.8, 4) is 5.88 Å². The Labute approximate surface area is 172 Å². The van der Waals surface area contributed by atoms with E-state index in [-0.39, 0.29) is 0 Å². The second-order valence-corrected chi connectivity index (χ2v) is 7.46. The number of fused-ring (bicyclic) bond motifs is 1. The summed E-state index contributed by atoms with van der Waals surface area (Å²) in [6.45, 7) is 3.75. The van der Waals surface area contributed by atoms with Gasteiger partial charge in [0, 0.05) is 31.2 Å². The Morgan fingerprint density at radius 3 is 2.55 bits per heavy atom. The van der Waals surface area contributed by atoms with Crippen LogP contribution in [0.15, 0.2) is 30.6 Å². The van der Waals surface area contributed by atoms with Crippen molar-refractivity contribution in [2.75, 3.05) is 7.11 Å². The lowest BCUT2D eigenvalue weighted by Gasteiger charge is -2.28. The first-order valence-corrected chi connectivity index (χ1v) is 9.37. The fraction of sp³-hybridized carbons (Fsp3) is 0.300. The lowest BCUT2D eigenvalue weighted by atomic mass is 9.85. The molecule has 3 heterocycles. The van der Waals surface area contributed by atoms with E-state index >= 15 is 0 Å². The number of hydrogen-bond acceptors (Lipinski definition) is 6. The average molecular weight is 413 g/mol. The van der Waals surface area contributed by atoms with Crippen LogP contribution in [0.25, 0.3) is 10.9 Å². The van der Waals surface area contributed by atoms with E-state index in [1.54, 1.807) is 18.8 Å². The Hall–Kier alpha value is -2.97. The highest BCUT2D eigenvalue weighted by Crippen LogP contribution is 2.40. The molecule has 9 heteroatoms. The lowest BCUT2D eigenvalue weighted by molar-refractivity contribution is 0.110. The second-order valence-electron chi connectivity index (χ2n) is 7.08. The van der Waals surface area contributed by atoms with Crippen molar-refractivity contribution in [1.29, 1.82) is 0 Å². The summed E-state index contributed by atoms with van der Waals surface area (Å²) >= 11 is 6.62. The zero-order chi connectivity index (χ0) is 20.9. The summed E-state index contributed by atoms with van der Waals surface area (Å²) in [6, 6.07) is 5.45. The van der Waals surface area contributed by atoms with Crippen molar-refractivity contribution >= 4 is 22.5 Å². The van der Waals surface area contributed by atoms with Gasteiger partial charge in [0.15, 0.2) is 5.60 Å². The molecule has 1 aromatic carbocycles. The number of pyridine rings is 1. The zero-order valence-corrected chi connectivity index (χ0v) is 17.6. The van der Waals surface area contributed by atoms with Crippen molar-refractivity contribution in [3.63, 3.8) is 0 Å². The molecule has 0 saturated carbocycles. The first-order valence-electron chi connectivity index (χ1n) is 9.00. The summed E-state index contributed by atoms with van der Waals surface area (Å²) in [4.78, 5) is 4.51. The van der Waals surface area contributed by atoms with E-state index in [0.717, 1.165) is 11.1 Å². The third kappa shape index (κ3) is 2.87. The fourth-order valence-electron chi connectivity index (χ4n) is 3.71. The number of benzene rings is 1. The van der Waals surface area contributed by atoms with Crippen molar-refractivity contribution in [2.45, 2.75) is 19.4 Å². The van der Waals surface area contributed by atoms with Crippen LogP contribution in [0.2, 0.25) is 5.02 Å². The molecule has 0 bridgehead atoms. The molecule has 4 aromatic rings. The SMILES string of the molecule is COc1nc2ccc(C(O)(c3nn(C)cc3C)c3cnnn3C)cc2c(Cl)c1C. The Balaban J connectivity index is 2.04. The molecule has 0 spiro atoms. The zero-order valence-electron chi connectivity index (χ0n) is 16.8.